The van der Waals surface area contributed by atoms with E-state index < -0.39 is 9.84 Å². The summed E-state index contributed by atoms with van der Waals surface area (Å²) in [6.07, 6.45) is 1.87. The highest BCUT2D eigenvalue weighted by Gasteiger charge is 2.16. The average Bonchev–Trinajstić information content (AvgIpc) is 2.78. The smallest absolute Gasteiger partial charge is 0.156 e. The Morgan fingerprint density at radius 1 is 0.750 bits per heavy atom. The maximum Gasteiger partial charge on any atom is 0.156 e. The second kappa shape index (κ2) is 13.6. The fourth-order valence-electron chi connectivity index (χ4n) is 3.37. The minimum atomic E-state index is -3.07. The summed E-state index contributed by atoms with van der Waals surface area (Å²) in [4.78, 5) is 2.30. The van der Waals surface area contributed by atoms with Crippen LogP contribution in [0.4, 0.5) is 5.69 Å². The van der Waals surface area contributed by atoms with Crippen molar-refractivity contribution < 1.29 is 17.9 Å². The second-order valence-corrected chi connectivity index (χ2v) is 10.8. The number of sulfone groups is 1. The quantitative estimate of drug-likeness (QED) is 0.361. The molecule has 6 heteroatoms. The van der Waals surface area contributed by atoms with E-state index >= 15 is 0 Å². The molecule has 2 aromatic carbocycles. The van der Waals surface area contributed by atoms with Crippen LogP contribution >= 0.6 is 0 Å². The molecule has 0 aliphatic heterocycles. The molecule has 0 bridgehead atoms. The number of hydrogen-bond acceptors (Lipinski definition) is 5. The third-order valence-corrected chi connectivity index (χ3v) is 7.70. The third-order valence-electron chi connectivity index (χ3n) is 5.53. The van der Waals surface area contributed by atoms with Gasteiger partial charge in [0.2, 0.25) is 0 Å². The Morgan fingerprint density at radius 2 is 1.19 bits per heavy atom. The van der Waals surface area contributed by atoms with Gasteiger partial charge in [0.25, 0.3) is 0 Å². The van der Waals surface area contributed by atoms with Gasteiger partial charge in [-0.05, 0) is 69.4 Å². The van der Waals surface area contributed by atoms with Crippen LogP contribution in [0.15, 0.2) is 48.5 Å². The molecule has 0 N–H and O–H groups in total. The second-order valence-electron chi connectivity index (χ2n) is 8.22. The molecule has 0 saturated carbocycles. The third kappa shape index (κ3) is 8.93. The van der Waals surface area contributed by atoms with Crippen molar-refractivity contribution in [2.24, 2.45) is 0 Å². The Hall–Kier alpha value is -1.89. The van der Waals surface area contributed by atoms with E-state index in [0.29, 0.717) is 13.2 Å². The Kier molecular flexibility index (Phi) is 11.2. The van der Waals surface area contributed by atoms with Crippen molar-refractivity contribution >= 4 is 15.5 Å². The molecule has 32 heavy (non-hydrogen) atoms. The molecule has 5 nitrogen and oxygen atoms in total. The molecule has 0 radical (unpaired) electrons. The Balaban J connectivity index is 1.92. The van der Waals surface area contributed by atoms with Crippen LogP contribution < -0.4 is 4.90 Å². The van der Waals surface area contributed by atoms with E-state index in [1.807, 2.05) is 38.1 Å². The van der Waals surface area contributed by atoms with Gasteiger partial charge >= 0.3 is 0 Å². The standard InChI is InChI=1S/C26H39NO4S/c1-5-30-19-17-27(18-20-31-6-2)26-15-13-24(14-16-26)8-7-23-9-11-25(12-10-23)21-32(28,29)22(3)4/h9-16,22H,5-8,17-21H2,1-4H3. The van der Waals surface area contributed by atoms with E-state index in [1.54, 1.807) is 13.8 Å². The van der Waals surface area contributed by atoms with Crippen LogP contribution in [0.2, 0.25) is 0 Å². The van der Waals surface area contributed by atoms with E-state index in [-0.39, 0.29) is 11.0 Å². The molecule has 0 saturated heterocycles. The fourth-order valence-corrected chi connectivity index (χ4v) is 4.36. The van der Waals surface area contributed by atoms with Crippen LogP contribution in [0, 0.1) is 0 Å². The highest BCUT2D eigenvalue weighted by Crippen LogP contribution is 2.18. The Morgan fingerprint density at radius 3 is 1.62 bits per heavy atom. The summed E-state index contributed by atoms with van der Waals surface area (Å²) in [5.74, 6) is 0.107. The van der Waals surface area contributed by atoms with Crippen molar-refractivity contribution in [2.45, 2.75) is 51.5 Å². The zero-order valence-corrected chi connectivity index (χ0v) is 20.9. The van der Waals surface area contributed by atoms with Crippen molar-refractivity contribution in [1.82, 2.24) is 0 Å². The summed E-state index contributed by atoms with van der Waals surface area (Å²) < 4.78 is 35.3. The van der Waals surface area contributed by atoms with Gasteiger partial charge in [0.15, 0.2) is 9.84 Å². The lowest BCUT2D eigenvalue weighted by molar-refractivity contribution is 0.141. The molecule has 2 aromatic rings. The van der Waals surface area contributed by atoms with Crippen LogP contribution in [-0.2, 0) is 37.9 Å². The van der Waals surface area contributed by atoms with Gasteiger partial charge in [-0.2, -0.15) is 0 Å². The molecule has 0 unspecified atom stereocenters. The van der Waals surface area contributed by atoms with Crippen LogP contribution in [0.5, 0.6) is 0 Å². The molecule has 0 heterocycles. The van der Waals surface area contributed by atoms with Crippen LogP contribution in [0.1, 0.15) is 44.4 Å². The first-order valence-electron chi connectivity index (χ1n) is 11.6. The first-order chi connectivity index (χ1) is 15.4. The van der Waals surface area contributed by atoms with Crippen molar-refractivity contribution in [1.29, 1.82) is 0 Å². The van der Waals surface area contributed by atoms with Crippen LogP contribution in [0.3, 0.4) is 0 Å². The highest BCUT2D eigenvalue weighted by atomic mass is 32.2. The van der Waals surface area contributed by atoms with Gasteiger partial charge in [0.05, 0.1) is 24.2 Å². The Labute approximate surface area is 194 Å². The van der Waals surface area contributed by atoms with Crippen molar-refractivity contribution in [2.75, 3.05) is 44.4 Å². The van der Waals surface area contributed by atoms with E-state index in [9.17, 15) is 8.42 Å². The normalized spacial score (nSPS) is 11.8. The van der Waals surface area contributed by atoms with Gasteiger partial charge in [-0.3, -0.25) is 0 Å². The van der Waals surface area contributed by atoms with Gasteiger partial charge in [0, 0.05) is 32.0 Å². The van der Waals surface area contributed by atoms with Gasteiger partial charge in [-0.25, -0.2) is 8.42 Å². The minimum Gasteiger partial charge on any atom is -0.380 e. The topological polar surface area (TPSA) is 55.8 Å². The van der Waals surface area contributed by atoms with Crippen molar-refractivity contribution in [3.05, 3.63) is 65.2 Å². The lowest BCUT2D eigenvalue weighted by Crippen LogP contribution is -2.31. The zero-order chi connectivity index (χ0) is 23.4. The van der Waals surface area contributed by atoms with Crippen molar-refractivity contribution in [3.63, 3.8) is 0 Å². The van der Waals surface area contributed by atoms with Crippen molar-refractivity contribution in [3.8, 4) is 0 Å². The first kappa shape index (κ1) is 26.4. The summed E-state index contributed by atoms with van der Waals surface area (Å²) in [5.41, 5.74) is 4.54. The van der Waals surface area contributed by atoms with Gasteiger partial charge < -0.3 is 14.4 Å². The number of hydrogen-bond donors (Lipinski definition) is 0. The number of anilines is 1. The lowest BCUT2D eigenvalue weighted by Gasteiger charge is -2.25. The van der Waals surface area contributed by atoms with Crippen LogP contribution in [0.25, 0.3) is 0 Å². The number of aryl methyl sites for hydroxylation is 2. The molecule has 0 spiro atoms. The number of benzene rings is 2. The summed E-state index contributed by atoms with van der Waals surface area (Å²) in [7, 11) is -3.07. The molecular weight excluding hydrogens is 422 g/mol. The molecule has 0 fully saturated rings. The maximum absolute atomic E-state index is 12.1. The molecule has 0 aliphatic rings. The molecule has 0 amide bonds. The average molecular weight is 462 g/mol. The predicted octanol–water partition coefficient (Wildman–Crippen LogP) is 4.67. The van der Waals surface area contributed by atoms with E-state index in [4.69, 9.17) is 9.47 Å². The fraction of sp³-hybridized carbons (Fsp3) is 0.538. The minimum absolute atomic E-state index is 0.107. The first-order valence-corrected chi connectivity index (χ1v) is 13.4. The van der Waals surface area contributed by atoms with Gasteiger partial charge in [-0.1, -0.05) is 36.4 Å². The molecule has 0 aromatic heterocycles. The summed E-state index contributed by atoms with van der Waals surface area (Å²) in [5, 5.41) is -0.348. The number of ether oxygens (including phenoxy) is 2. The monoisotopic (exact) mass is 461 g/mol. The highest BCUT2D eigenvalue weighted by molar-refractivity contribution is 7.91. The number of rotatable bonds is 15. The molecule has 0 aliphatic carbocycles. The molecule has 2 rings (SSSR count). The van der Waals surface area contributed by atoms with Gasteiger partial charge in [0.1, 0.15) is 0 Å². The van der Waals surface area contributed by atoms with E-state index in [2.05, 4.69) is 29.2 Å². The van der Waals surface area contributed by atoms with E-state index in [0.717, 1.165) is 44.7 Å². The van der Waals surface area contributed by atoms with Gasteiger partial charge in [-0.15, -0.1) is 0 Å². The lowest BCUT2D eigenvalue weighted by atomic mass is 10.0. The van der Waals surface area contributed by atoms with Crippen LogP contribution in [-0.4, -0.2) is 53.2 Å². The summed E-state index contributed by atoms with van der Waals surface area (Å²) in [6, 6.07) is 16.7. The molecule has 0 atom stereocenters. The Bertz CT molecular complexity index is 867. The SMILES string of the molecule is CCOCCN(CCOCC)c1ccc(CCc2ccc(CS(=O)(=O)C(C)C)cc2)cc1. The number of nitrogens with zero attached hydrogens (tertiary/aromatic N) is 1. The summed E-state index contributed by atoms with van der Waals surface area (Å²) >= 11 is 0. The maximum atomic E-state index is 12.1. The largest absolute Gasteiger partial charge is 0.380 e. The van der Waals surface area contributed by atoms with E-state index in [1.165, 1.54) is 16.8 Å². The predicted molar refractivity (Wildman–Crippen MR) is 133 cm³/mol. The zero-order valence-electron chi connectivity index (χ0n) is 20.0. The molecular formula is C26H39NO4S. The summed E-state index contributed by atoms with van der Waals surface area (Å²) in [6.45, 7) is 12.1. The molecule has 178 valence electrons.